The number of hydrogen-bond donors (Lipinski definition) is 1. The van der Waals surface area contributed by atoms with Gasteiger partial charge >= 0.3 is 0 Å². The molecule has 0 saturated carbocycles. The maximum absolute atomic E-state index is 13.5. The Bertz CT molecular complexity index is 1290. The van der Waals surface area contributed by atoms with Gasteiger partial charge in [-0.25, -0.2) is 17.8 Å². The highest BCUT2D eigenvalue weighted by Crippen LogP contribution is 2.37. The summed E-state index contributed by atoms with van der Waals surface area (Å²) in [5.41, 5.74) is 2.07. The highest BCUT2D eigenvalue weighted by molar-refractivity contribution is 7.93. The van der Waals surface area contributed by atoms with Crippen molar-refractivity contribution in [1.82, 2.24) is 4.98 Å². The summed E-state index contributed by atoms with van der Waals surface area (Å²) in [7, 11) is -3.91. The maximum Gasteiger partial charge on any atom is 0.265 e. The third-order valence-electron chi connectivity index (χ3n) is 4.67. The summed E-state index contributed by atoms with van der Waals surface area (Å²) in [6.07, 6.45) is 1.63. The van der Waals surface area contributed by atoms with Crippen LogP contribution in [0.2, 0.25) is 0 Å². The first kappa shape index (κ1) is 21.0. The van der Waals surface area contributed by atoms with E-state index in [0.29, 0.717) is 29.2 Å². The predicted molar refractivity (Wildman–Crippen MR) is 118 cm³/mol. The van der Waals surface area contributed by atoms with Crippen LogP contribution < -0.4 is 14.4 Å². The highest BCUT2D eigenvalue weighted by Gasteiger charge is 2.25. The molecule has 2 aromatic carbocycles. The van der Waals surface area contributed by atoms with Gasteiger partial charge in [-0.3, -0.25) is 9.52 Å². The first-order valence-electron chi connectivity index (χ1n) is 9.21. The lowest BCUT2D eigenvalue weighted by Crippen LogP contribution is -2.38. The number of rotatable bonds is 6. The van der Waals surface area contributed by atoms with E-state index in [2.05, 4.69) is 16.3 Å². The second-order valence-electron chi connectivity index (χ2n) is 6.82. The topological polar surface area (TPSA) is 88.6 Å². The van der Waals surface area contributed by atoms with E-state index in [0.717, 1.165) is 17.4 Å². The van der Waals surface area contributed by atoms with Gasteiger partial charge in [-0.15, -0.1) is 17.9 Å². The summed E-state index contributed by atoms with van der Waals surface area (Å²) in [5, 5.41) is 1.88. The lowest BCUT2D eigenvalue weighted by Gasteiger charge is -2.28. The summed E-state index contributed by atoms with van der Waals surface area (Å²) in [5.74, 6) is -0.0743. The number of amides is 1. The average Bonchev–Trinajstić information content (AvgIpc) is 3.19. The number of halogens is 1. The van der Waals surface area contributed by atoms with Gasteiger partial charge in [0.25, 0.3) is 15.9 Å². The molecule has 0 aliphatic carbocycles. The number of fused-ring (bicyclic) bond motifs is 1. The van der Waals surface area contributed by atoms with Gasteiger partial charge in [0.2, 0.25) is 0 Å². The predicted octanol–water partition coefficient (Wildman–Crippen LogP) is 3.97. The van der Waals surface area contributed by atoms with Crippen molar-refractivity contribution in [2.24, 2.45) is 0 Å². The third kappa shape index (κ3) is 4.17. The standard InChI is InChI=1S/C21H18FN3O4S2/c1-3-8-25-18-10-14(4-7-19(18)29-11-20(25)26)17-12-30-21(23-17)24-31(27,28)15-5-6-16(22)13(2)9-15/h3-7,9-10,12H,1,8,11H2,2H3,(H,23,24). The minimum absolute atomic E-state index is 0.0360. The zero-order valence-electron chi connectivity index (χ0n) is 16.5. The number of nitrogens with one attached hydrogen (secondary N) is 1. The number of hydrogen-bond acceptors (Lipinski definition) is 6. The molecular weight excluding hydrogens is 441 g/mol. The first-order valence-corrected chi connectivity index (χ1v) is 11.6. The molecule has 3 aromatic rings. The minimum Gasteiger partial charge on any atom is -0.482 e. The molecule has 0 saturated heterocycles. The van der Waals surface area contributed by atoms with Crippen LogP contribution in [0.3, 0.4) is 0 Å². The summed E-state index contributed by atoms with van der Waals surface area (Å²) in [6, 6.07) is 8.89. The van der Waals surface area contributed by atoms with E-state index in [4.69, 9.17) is 4.74 Å². The monoisotopic (exact) mass is 459 g/mol. The van der Waals surface area contributed by atoms with Crippen molar-refractivity contribution in [1.29, 1.82) is 0 Å². The number of sulfonamides is 1. The van der Waals surface area contributed by atoms with Gasteiger partial charge in [-0.2, -0.15) is 0 Å². The molecular formula is C21H18FN3O4S2. The molecule has 4 rings (SSSR count). The molecule has 1 N–H and O–H groups in total. The largest absolute Gasteiger partial charge is 0.482 e. The third-order valence-corrected chi connectivity index (χ3v) is 6.90. The number of aryl methyl sites for hydroxylation is 1. The van der Waals surface area contributed by atoms with Crippen LogP contribution in [-0.2, 0) is 14.8 Å². The molecule has 0 radical (unpaired) electrons. The fourth-order valence-electron chi connectivity index (χ4n) is 3.10. The van der Waals surface area contributed by atoms with Crippen molar-refractivity contribution >= 4 is 38.1 Å². The molecule has 7 nitrogen and oxygen atoms in total. The van der Waals surface area contributed by atoms with Gasteiger partial charge < -0.3 is 9.64 Å². The van der Waals surface area contributed by atoms with Gasteiger partial charge in [0.1, 0.15) is 11.6 Å². The normalized spacial score (nSPS) is 13.5. The summed E-state index contributed by atoms with van der Waals surface area (Å²) >= 11 is 1.12. The highest BCUT2D eigenvalue weighted by atomic mass is 32.2. The molecule has 0 fully saturated rings. The fourth-order valence-corrected chi connectivity index (χ4v) is 5.16. The van der Waals surface area contributed by atoms with Crippen LogP contribution in [0.25, 0.3) is 11.3 Å². The Hall–Kier alpha value is -3.24. The van der Waals surface area contributed by atoms with Crippen molar-refractivity contribution in [3.8, 4) is 17.0 Å². The second-order valence-corrected chi connectivity index (χ2v) is 9.36. The molecule has 160 valence electrons. The van der Waals surface area contributed by atoms with Crippen LogP contribution in [-0.4, -0.2) is 32.5 Å². The molecule has 0 bridgehead atoms. The number of benzene rings is 2. The number of ether oxygens (including phenoxy) is 1. The van der Waals surface area contributed by atoms with E-state index in [9.17, 15) is 17.6 Å². The SMILES string of the molecule is C=CCN1C(=O)COc2ccc(-c3csc(NS(=O)(=O)c4ccc(F)c(C)c4)n3)cc21. The Balaban J connectivity index is 1.61. The summed E-state index contributed by atoms with van der Waals surface area (Å²) in [6.45, 7) is 5.49. The molecule has 0 unspecified atom stereocenters. The minimum atomic E-state index is -3.91. The number of carbonyl (C=O) groups is 1. The number of aromatic nitrogens is 1. The molecule has 0 spiro atoms. The molecule has 1 aliphatic heterocycles. The van der Waals surface area contributed by atoms with Crippen molar-refractivity contribution in [2.45, 2.75) is 11.8 Å². The Morgan fingerprint density at radius 1 is 1.32 bits per heavy atom. The van der Waals surface area contributed by atoms with E-state index >= 15 is 0 Å². The van der Waals surface area contributed by atoms with E-state index in [1.54, 1.807) is 34.6 Å². The summed E-state index contributed by atoms with van der Waals surface area (Å²) < 4.78 is 46.6. The van der Waals surface area contributed by atoms with Crippen molar-refractivity contribution in [3.05, 3.63) is 65.8 Å². The quantitative estimate of drug-likeness (QED) is 0.564. The maximum atomic E-state index is 13.5. The van der Waals surface area contributed by atoms with Gasteiger partial charge in [0, 0.05) is 17.5 Å². The zero-order valence-corrected chi connectivity index (χ0v) is 18.1. The molecule has 31 heavy (non-hydrogen) atoms. The smallest absolute Gasteiger partial charge is 0.265 e. The van der Waals surface area contributed by atoms with Crippen molar-refractivity contribution in [3.63, 3.8) is 0 Å². The number of anilines is 2. The summed E-state index contributed by atoms with van der Waals surface area (Å²) in [4.78, 5) is 18.1. The zero-order chi connectivity index (χ0) is 22.2. The van der Waals surface area contributed by atoms with Crippen LogP contribution in [0.1, 0.15) is 5.56 Å². The van der Waals surface area contributed by atoms with Gasteiger partial charge in [-0.05, 0) is 48.9 Å². The van der Waals surface area contributed by atoms with Gasteiger partial charge in [-0.1, -0.05) is 6.08 Å². The van der Waals surface area contributed by atoms with Crippen LogP contribution in [0.4, 0.5) is 15.2 Å². The molecule has 2 heterocycles. The number of thiazole rings is 1. The van der Waals surface area contributed by atoms with Crippen LogP contribution in [0, 0.1) is 12.7 Å². The second kappa shape index (κ2) is 8.12. The van der Waals surface area contributed by atoms with Crippen LogP contribution in [0.15, 0.2) is 59.3 Å². The number of nitrogens with zero attached hydrogens (tertiary/aromatic N) is 2. The van der Waals surface area contributed by atoms with E-state index in [-0.39, 0.29) is 28.1 Å². The Morgan fingerprint density at radius 2 is 2.13 bits per heavy atom. The van der Waals surface area contributed by atoms with Crippen molar-refractivity contribution < 1.29 is 22.3 Å². The van der Waals surface area contributed by atoms with Gasteiger partial charge in [0.05, 0.1) is 16.3 Å². The Morgan fingerprint density at radius 3 is 2.87 bits per heavy atom. The molecule has 1 aromatic heterocycles. The van der Waals surface area contributed by atoms with E-state index in [1.807, 2.05) is 0 Å². The Kier molecular flexibility index (Phi) is 5.50. The first-order chi connectivity index (χ1) is 14.8. The van der Waals surface area contributed by atoms with Crippen LogP contribution >= 0.6 is 11.3 Å². The lowest BCUT2D eigenvalue weighted by atomic mass is 10.1. The Labute approximate surface area is 182 Å². The fraction of sp³-hybridized carbons (Fsp3) is 0.143. The molecule has 1 aliphatic rings. The molecule has 0 atom stereocenters. The van der Waals surface area contributed by atoms with Crippen LogP contribution in [0.5, 0.6) is 5.75 Å². The average molecular weight is 460 g/mol. The van der Waals surface area contributed by atoms with E-state index in [1.165, 1.54) is 19.1 Å². The van der Waals surface area contributed by atoms with Gasteiger partial charge in [0.15, 0.2) is 11.7 Å². The van der Waals surface area contributed by atoms with E-state index < -0.39 is 15.8 Å². The van der Waals surface area contributed by atoms with Crippen molar-refractivity contribution in [2.75, 3.05) is 22.8 Å². The lowest BCUT2D eigenvalue weighted by molar-refractivity contribution is -0.121. The number of carbonyl (C=O) groups excluding carboxylic acids is 1. The molecule has 10 heteroatoms. The molecule has 1 amide bonds.